The topological polar surface area (TPSA) is 24.9 Å². The second-order valence-electron chi connectivity index (χ2n) is 6.68. The van der Waals surface area contributed by atoms with Gasteiger partial charge in [0.25, 0.3) is 0 Å². The number of hydrogen-bond acceptors (Lipinski definition) is 2. The Morgan fingerprint density at radius 3 is 2.28 bits per heavy atom. The van der Waals surface area contributed by atoms with E-state index in [1.807, 2.05) is 12.4 Å². The maximum Gasteiger partial charge on any atom is 0.0590 e. The van der Waals surface area contributed by atoms with Gasteiger partial charge in [-0.25, -0.2) is 0 Å². The average Bonchev–Trinajstić information content (AvgIpc) is 2.30. The standard InChI is InChI=1S/C15H19BrN2/c16-13-9-17-2-1-14(13)18-15-6-10-3-11(7-15)5-12(4-10)8-15/h1-2,9-12H,3-8H2,(H,17,18). The van der Waals surface area contributed by atoms with E-state index in [4.69, 9.17) is 0 Å². The second kappa shape index (κ2) is 3.96. The Morgan fingerprint density at radius 2 is 1.72 bits per heavy atom. The van der Waals surface area contributed by atoms with Crippen molar-refractivity contribution in [1.29, 1.82) is 0 Å². The minimum atomic E-state index is 0.388. The molecule has 4 saturated carbocycles. The molecular weight excluding hydrogens is 288 g/mol. The van der Waals surface area contributed by atoms with Crippen molar-refractivity contribution in [2.75, 3.05) is 5.32 Å². The molecule has 0 atom stereocenters. The highest BCUT2D eigenvalue weighted by atomic mass is 79.9. The number of anilines is 1. The van der Waals surface area contributed by atoms with Crippen molar-refractivity contribution in [3.05, 3.63) is 22.9 Å². The summed E-state index contributed by atoms with van der Waals surface area (Å²) >= 11 is 3.61. The van der Waals surface area contributed by atoms with Crippen molar-refractivity contribution in [1.82, 2.24) is 4.98 Å². The fourth-order valence-corrected chi connectivity index (χ4v) is 5.38. The Hall–Kier alpha value is -0.570. The maximum atomic E-state index is 4.15. The predicted octanol–water partition coefficient (Wildman–Crippen LogP) is 4.22. The van der Waals surface area contributed by atoms with Gasteiger partial charge < -0.3 is 5.32 Å². The summed E-state index contributed by atoms with van der Waals surface area (Å²) in [7, 11) is 0. The molecule has 5 rings (SSSR count). The first-order valence-electron chi connectivity index (χ1n) is 7.10. The first-order valence-corrected chi connectivity index (χ1v) is 7.89. The van der Waals surface area contributed by atoms with Crippen LogP contribution in [0.4, 0.5) is 5.69 Å². The second-order valence-corrected chi connectivity index (χ2v) is 7.53. The molecule has 96 valence electrons. The molecule has 3 heteroatoms. The van der Waals surface area contributed by atoms with Crippen LogP contribution in [0.15, 0.2) is 22.9 Å². The molecule has 4 aliphatic rings. The molecule has 18 heavy (non-hydrogen) atoms. The van der Waals surface area contributed by atoms with Crippen LogP contribution in [0, 0.1) is 17.8 Å². The molecule has 0 saturated heterocycles. The fraction of sp³-hybridized carbons (Fsp3) is 0.667. The maximum absolute atomic E-state index is 4.15. The Morgan fingerprint density at radius 1 is 1.11 bits per heavy atom. The first kappa shape index (κ1) is 11.3. The number of pyridine rings is 1. The molecule has 2 nitrogen and oxygen atoms in total. The SMILES string of the molecule is Brc1cnccc1NC12CC3CC(CC(C3)C1)C2. The summed E-state index contributed by atoms with van der Waals surface area (Å²) in [5.74, 6) is 2.97. The van der Waals surface area contributed by atoms with Crippen molar-refractivity contribution in [2.45, 2.75) is 44.1 Å². The summed E-state index contributed by atoms with van der Waals surface area (Å²) in [5, 5.41) is 3.87. The number of halogens is 1. The first-order chi connectivity index (χ1) is 8.72. The Labute approximate surface area is 117 Å². The van der Waals surface area contributed by atoms with Gasteiger partial charge in [-0.15, -0.1) is 0 Å². The van der Waals surface area contributed by atoms with E-state index >= 15 is 0 Å². The molecule has 1 aromatic rings. The lowest BCUT2D eigenvalue weighted by Crippen LogP contribution is -2.54. The summed E-state index contributed by atoms with van der Waals surface area (Å²) < 4.78 is 1.10. The van der Waals surface area contributed by atoms with Crippen LogP contribution in [0.25, 0.3) is 0 Å². The lowest BCUT2D eigenvalue weighted by molar-refractivity contribution is 0.0107. The molecule has 1 N–H and O–H groups in total. The van der Waals surface area contributed by atoms with Gasteiger partial charge in [-0.3, -0.25) is 4.98 Å². The van der Waals surface area contributed by atoms with Gasteiger partial charge in [-0.2, -0.15) is 0 Å². The lowest BCUT2D eigenvalue weighted by Gasteiger charge is -2.57. The summed E-state index contributed by atoms with van der Waals surface area (Å²) in [6.07, 6.45) is 12.4. The quantitative estimate of drug-likeness (QED) is 0.884. The molecule has 1 aromatic heterocycles. The number of nitrogens with zero attached hydrogens (tertiary/aromatic N) is 1. The highest BCUT2D eigenvalue weighted by Gasteiger charge is 2.50. The van der Waals surface area contributed by atoms with Gasteiger partial charge in [-0.1, -0.05) is 0 Å². The van der Waals surface area contributed by atoms with Gasteiger partial charge in [0.15, 0.2) is 0 Å². The smallest absolute Gasteiger partial charge is 0.0590 e. The number of nitrogens with one attached hydrogen (secondary N) is 1. The van der Waals surface area contributed by atoms with Crippen LogP contribution in [0.3, 0.4) is 0 Å². The van der Waals surface area contributed by atoms with Crippen LogP contribution in [-0.2, 0) is 0 Å². The van der Waals surface area contributed by atoms with Crippen molar-refractivity contribution >= 4 is 21.6 Å². The van der Waals surface area contributed by atoms with Crippen LogP contribution >= 0.6 is 15.9 Å². The Bertz CT molecular complexity index is 436. The molecule has 0 unspecified atom stereocenters. The zero-order valence-corrected chi connectivity index (χ0v) is 12.1. The predicted molar refractivity (Wildman–Crippen MR) is 76.5 cm³/mol. The highest BCUT2D eigenvalue weighted by molar-refractivity contribution is 9.10. The van der Waals surface area contributed by atoms with Crippen LogP contribution in [-0.4, -0.2) is 10.5 Å². The summed E-state index contributed by atoms with van der Waals surface area (Å²) in [4.78, 5) is 4.15. The number of hydrogen-bond donors (Lipinski definition) is 1. The molecule has 0 radical (unpaired) electrons. The van der Waals surface area contributed by atoms with Gasteiger partial charge in [0.1, 0.15) is 0 Å². The molecule has 0 amide bonds. The van der Waals surface area contributed by atoms with Crippen molar-refractivity contribution in [3.8, 4) is 0 Å². The third-order valence-corrected chi connectivity index (χ3v) is 5.84. The van der Waals surface area contributed by atoms with E-state index in [-0.39, 0.29) is 0 Å². The fourth-order valence-electron chi connectivity index (χ4n) is 5.03. The monoisotopic (exact) mass is 306 g/mol. The normalized spacial score (nSPS) is 41.1. The molecule has 1 heterocycles. The van der Waals surface area contributed by atoms with Crippen LogP contribution in [0.2, 0.25) is 0 Å². The Balaban J connectivity index is 1.63. The minimum Gasteiger partial charge on any atom is -0.379 e. The zero-order chi connectivity index (χ0) is 12.2. The number of aromatic nitrogens is 1. The van der Waals surface area contributed by atoms with Crippen molar-refractivity contribution < 1.29 is 0 Å². The summed E-state index contributed by atoms with van der Waals surface area (Å²) in [6, 6.07) is 2.10. The third kappa shape index (κ3) is 1.78. The van der Waals surface area contributed by atoms with E-state index in [1.54, 1.807) is 0 Å². The molecule has 4 fully saturated rings. The zero-order valence-electron chi connectivity index (χ0n) is 10.5. The number of rotatable bonds is 2. The molecule has 4 aliphatic carbocycles. The van der Waals surface area contributed by atoms with Gasteiger partial charge in [0, 0.05) is 17.9 Å². The summed E-state index contributed by atoms with van der Waals surface area (Å²) in [5.41, 5.74) is 1.62. The highest BCUT2D eigenvalue weighted by Crippen LogP contribution is 2.56. The molecule has 0 spiro atoms. The molecule has 0 aromatic carbocycles. The minimum absolute atomic E-state index is 0.388. The van der Waals surface area contributed by atoms with Crippen LogP contribution in [0.5, 0.6) is 0 Å². The average molecular weight is 307 g/mol. The van der Waals surface area contributed by atoms with E-state index in [1.165, 1.54) is 44.2 Å². The Kier molecular flexibility index (Phi) is 2.48. The van der Waals surface area contributed by atoms with Gasteiger partial charge in [0.05, 0.1) is 10.2 Å². The van der Waals surface area contributed by atoms with E-state index < -0.39 is 0 Å². The lowest BCUT2D eigenvalue weighted by atomic mass is 9.53. The van der Waals surface area contributed by atoms with Crippen molar-refractivity contribution in [2.24, 2.45) is 17.8 Å². The molecule has 4 bridgehead atoms. The van der Waals surface area contributed by atoms with Crippen LogP contribution in [0.1, 0.15) is 38.5 Å². The third-order valence-electron chi connectivity index (χ3n) is 5.21. The van der Waals surface area contributed by atoms with Crippen molar-refractivity contribution in [3.63, 3.8) is 0 Å². The van der Waals surface area contributed by atoms with Crippen LogP contribution < -0.4 is 5.32 Å². The van der Waals surface area contributed by atoms with E-state index in [2.05, 4.69) is 32.3 Å². The molecular formula is C15H19BrN2. The van der Waals surface area contributed by atoms with E-state index in [0.717, 1.165) is 22.2 Å². The summed E-state index contributed by atoms with van der Waals surface area (Å²) in [6.45, 7) is 0. The van der Waals surface area contributed by atoms with Gasteiger partial charge in [0.2, 0.25) is 0 Å². The van der Waals surface area contributed by atoms with E-state index in [9.17, 15) is 0 Å². The van der Waals surface area contributed by atoms with Gasteiger partial charge >= 0.3 is 0 Å². The van der Waals surface area contributed by atoms with Gasteiger partial charge in [-0.05, 0) is 78.3 Å². The van der Waals surface area contributed by atoms with E-state index in [0.29, 0.717) is 5.54 Å². The molecule has 0 aliphatic heterocycles. The largest absolute Gasteiger partial charge is 0.379 e.